The number of rotatable bonds is 4. The molecule has 126 valence electrons. The Labute approximate surface area is 140 Å². The maximum atomic E-state index is 12.9. The van der Waals surface area contributed by atoms with E-state index in [1.807, 2.05) is 11.6 Å². The third-order valence-corrected chi connectivity index (χ3v) is 4.34. The normalized spacial score (nSPS) is 13.8. The van der Waals surface area contributed by atoms with Gasteiger partial charge in [0.15, 0.2) is 5.69 Å². The standard InChI is InChI=1S/C17H21N5O2/c1-4-12(5-2)22-11(3)8-13(20-22)17(24)21-10-16(23)19-14-9-18-7-6-15(14)21/h6-9,12H,4-5,10H2,1-3H3,(H,19,23). The van der Waals surface area contributed by atoms with Gasteiger partial charge in [0.2, 0.25) is 5.91 Å². The minimum atomic E-state index is -0.273. The van der Waals surface area contributed by atoms with Crippen molar-refractivity contribution in [2.24, 2.45) is 0 Å². The zero-order valence-corrected chi connectivity index (χ0v) is 14.1. The van der Waals surface area contributed by atoms with Crippen LogP contribution in [0.4, 0.5) is 11.4 Å². The van der Waals surface area contributed by atoms with E-state index < -0.39 is 0 Å². The Kier molecular flexibility index (Phi) is 4.33. The summed E-state index contributed by atoms with van der Waals surface area (Å²) in [5.74, 6) is -0.509. The van der Waals surface area contributed by atoms with Gasteiger partial charge in [-0.3, -0.25) is 24.2 Å². The summed E-state index contributed by atoms with van der Waals surface area (Å²) in [7, 11) is 0. The predicted molar refractivity (Wildman–Crippen MR) is 91.1 cm³/mol. The maximum absolute atomic E-state index is 12.9. The van der Waals surface area contributed by atoms with Gasteiger partial charge >= 0.3 is 0 Å². The molecular weight excluding hydrogens is 306 g/mol. The van der Waals surface area contributed by atoms with Crippen molar-refractivity contribution in [3.63, 3.8) is 0 Å². The zero-order valence-electron chi connectivity index (χ0n) is 14.1. The van der Waals surface area contributed by atoms with Crippen LogP contribution in [-0.2, 0) is 4.79 Å². The first kappa shape index (κ1) is 16.2. The number of anilines is 2. The molecule has 1 aliphatic rings. The molecule has 3 rings (SSSR count). The summed E-state index contributed by atoms with van der Waals surface area (Å²) < 4.78 is 1.91. The summed E-state index contributed by atoms with van der Waals surface area (Å²) in [6, 6.07) is 3.78. The van der Waals surface area contributed by atoms with Crippen molar-refractivity contribution >= 4 is 23.2 Å². The molecular formula is C17H21N5O2. The van der Waals surface area contributed by atoms with E-state index in [9.17, 15) is 9.59 Å². The lowest BCUT2D eigenvalue weighted by atomic mass is 10.2. The predicted octanol–water partition coefficient (Wildman–Crippen LogP) is 2.55. The Hall–Kier alpha value is -2.70. The first-order valence-electron chi connectivity index (χ1n) is 8.17. The number of hydrogen-bond donors (Lipinski definition) is 1. The lowest BCUT2D eigenvalue weighted by molar-refractivity contribution is -0.115. The average Bonchev–Trinajstić information content (AvgIpc) is 2.96. The minimum Gasteiger partial charge on any atom is -0.321 e. The largest absolute Gasteiger partial charge is 0.321 e. The van der Waals surface area contributed by atoms with Crippen molar-refractivity contribution in [2.75, 3.05) is 16.8 Å². The van der Waals surface area contributed by atoms with Crippen LogP contribution >= 0.6 is 0 Å². The summed E-state index contributed by atoms with van der Waals surface area (Å²) in [4.78, 5) is 30.3. The highest BCUT2D eigenvalue weighted by Crippen LogP contribution is 2.29. The molecule has 1 aliphatic heterocycles. The van der Waals surface area contributed by atoms with Gasteiger partial charge < -0.3 is 5.32 Å². The Balaban J connectivity index is 1.95. The van der Waals surface area contributed by atoms with Crippen LogP contribution in [-0.4, -0.2) is 33.1 Å². The Morgan fingerprint density at radius 3 is 2.83 bits per heavy atom. The fourth-order valence-corrected chi connectivity index (χ4v) is 3.05. The van der Waals surface area contributed by atoms with Crippen LogP contribution in [0, 0.1) is 6.92 Å². The van der Waals surface area contributed by atoms with Crippen molar-refractivity contribution in [3.05, 3.63) is 35.9 Å². The number of aromatic nitrogens is 3. The van der Waals surface area contributed by atoms with E-state index in [2.05, 4.69) is 29.2 Å². The van der Waals surface area contributed by atoms with E-state index in [0.717, 1.165) is 18.5 Å². The van der Waals surface area contributed by atoms with Gasteiger partial charge in [-0.1, -0.05) is 13.8 Å². The maximum Gasteiger partial charge on any atom is 0.279 e. The molecule has 2 aromatic heterocycles. The third-order valence-electron chi connectivity index (χ3n) is 4.34. The number of nitrogens with one attached hydrogen (secondary N) is 1. The lowest BCUT2D eigenvalue weighted by Gasteiger charge is -2.28. The van der Waals surface area contributed by atoms with Crippen molar-refractivity contribution in [1.29, 1.82) is 0 Å². The molecule has 7 nitrogen and oxygen atoms in total. The summed E-state index contributed by atoms with van der Waals surface area (Å²) in [6.07, 6.45) is 5.05. The van der Waals surface area contributed by atoms with Gasteiger partial charge in [-0.2, -0.15) is 5.10 Å². The number of nitrogens with zero attached hydrogens (tertiary/aromatic N) is 4. The number of fused-ring (bicyclic) bond motifs is 1. The van der Waals surface area contributed by atoms with E-state index in [1.54, 1.807) is 24.5 Å². The highest BCUT2D eigenvalue weighted by atomic mass is 16.2. The number of amides is 2. The van der Waals surface area contributed by atoms with Crippen LogP contribution in [0.1, 0.15) is 48.9 Å². The van der Waals surface area contributed by atoms with Gasteiger partial charge in [-0.25, -0.2) is 0 Å². The highest BCUT2D eigenvalue weighted by molar-refractivity contribution is 6.14. The SMILES string of the molecule is CCC(CC)n1nc(C(=O)N2CC(=O)Nc3cnccc32)cc1C. The lowest BCUT2D eigenvalue weighted by Crippen LogP contribution is -2.42. The van der Waals surface area contributed by atoms with E-state index in [0.29, 0.717) is 17.1 Å². The second kappa shape index (κ2) is 6.43. The van der Waals surface area contributed by atoms with Gasteiger partial charge in [0.25, 0.3) is 5.91 Å². The second-order valence-corrected chi connectivity index (χ2v) is 5.92. The summed E-state index contributed by atoms with van der Waals surface area (Å²) in [5.41, 5.74) is 2.49. The quantitative estimate of drug-likeness (QED) is 0.936. The minimum absolute atomic E-state index is 0.0211. The van der Waals surface area contributed by atoms with Crippen LogP contribution in [0.3, 0.4) is 0 Å². The van der Waals surface area contributed by atoms with E-state index in [4.69, 9.17) is 0 Å². The molecule has 0 saturated carbocycles. The first-order valence-corrected chi connectivity index (χ1v) is 8.17. The van der Waals surface area contributed by atoms with Crippen molar-refractivity contribution in [2.45, 2.75) is 39.7 Å². The topological polar surface area (TPSA) is 80.1 Å². The number of carbonyl (C=O) groups is 2. The van der Waals surface area contributed by atoms with Crippen LogP contribution < -0.4 is 10.2 Å². The van der Waals surface area contributed by atoms with Gasteiger partial charge in [0.05, 0.1) is 23.6 Å². The molecule has 0 aromatic carbocycles. The molecule has 0 saturated heterocycles. The van der Waals surface area contributed by atoms with Crippen LogP contribution in [0.2, 0.25) is 0 Å². The molecule has 3 heterocycles. The summed E-state index contributed by atoms with van der Waals surface area (Å²) in [6.45, 7) is 6.14. The number of aryl methyl sites for hydroxylation is 1. The van der Waals surface area contributed by atoms with Crippen LogP contribution in [0.25, 0.3) is 0 Å². The Bertz CT molecular complexity index is 779. The molecule has 0 bridgehead atoms. The van der Waals surface area contributed by atoms with Crippen molar-refractivity contribution in [3.8, 4) is 0 Å². The molecule has 0 atom stereocenters. The smallest absolute Gasteiger partial charge is 0.279 e. The second-order valence-electron chi connectivity index (χ2n) is 5.92. The van der Waals surface area contributed by atoms with Gasteiger partial charge in [0, 0.05) is 11.9 Å². The van der Waals surface area contributed by atoms with Gasteiger partial charge in [-0.15, -0.1) is 0 Å². The van der Waals surface area contributed by atoms with Gasteiger partial charge in [0.1, 0.15) is 6.54 Å². The molecule has 7 heteroatoms. The molecule has 2 aromatic rings. The van der Waals surface area contributed by atoms with Crippen LogP contribution in [0.15, 0.2) is 24.5 Å². The number of pyridine rings is 1. The molecule has 0 fully saturated rings. The van der Waals surface area contributed by atoms with E-state index >= 15 is 0 Å². The fraction of sp³-hybridized carbons (Fsp3) is 0.412. The Morgan fingerprint density at radius 1 is 1.38 bits per heavy atom. The monoisotopic (exact) mass is 327 g/mol. The summed E-state index contributed by atoms with van der Waals surface area (Å²) >= 11 is 0. The molecule has 24 heavy (non-hydrogen) atoms. The van der Waals surface area contributed by atoms with E-state index in [1.165, 1.54) is 4.90 Å². The van der Waals surface area contributed by atoms with Crippen molar-refractivity contribution < 1.29 is 9.59 Å². The molecule has 0 aliphatic carbocycles. The number of carbonyl (C=O) groups excluding carboxylic acids is 2. The molecule has 0 spiro atoms. The Morgan fingerprint density at radius 2 is 2.12 bits per heavy atom. The zero-order chi connectivity index (χ0) is 17.3. The number of hydrogen-bond acceptors (Lipinski definition) is 4. The third kappa shape index (κ3) is 2.77. The molecule has 0 unspecified atom stereocenters. The molecule has 2 amide bonds. The average molecular weight is 327 g/mol. The van der Waals surface area contributed by atoms with Crippen molar-refractivity contribution in [1.82, 2.24) is 14.8 Å². The highest BCUT2D eigenvalue weighted by Gasteiger charge is 2.29. The first-order chi connectivity index (χ1) is 11.5. The van der Waals surface area contributed by atoms with Crippen LogP contribution in [0.5, 0.6) is 0 Å². The summed E-state index contributed by atoms with van der Waals surface area (Å²) in [5, 5.41) is 7.23. The van der Waals surface area contributed by atoms with E-state index in [-0.39, 0.29) is 24.4 Å². The molecule has 1 N–H and O–H groups in total. The molecule has 0 radical (unpaired) electrons. The van der Waals surface area contributed by atoms with Gasteiger partial charge in [-0.05, 0) is 31.9 Å². The fourth-order valence-electron chi connectivity index (χ4n) is 3.05.